The Hall–Kier alpha value is -0.900. The molecule has 0 aromatic rings. The van der Waals surface area contributed by atoms with Gasteiger partial charge in [0.15, 0.2) is 0 Å². The maximum absolute atomic E-state index is 11.8. The Balaban J connectivity index is 3.14. The highest BCUT2D eigenvalue weighted by atomic mass is 16.1. The average molecular weight is 397 g/mol. The van der Waals surface area contributed by atoms with Crippen molar-refractivity contribution in [3.8, 4) is 0 Å². The van der Waals surface area contributed by atoms with E-state index < -0.39 is 0 Å². The lowest BCUT2D eigenvalue weighted by Gasteiger charge is -2.06. The molecule has 0 rings (SSSR count). The molecule has 28 heavy (non-hydrogen) atoms. The number of amides is 1. The molecule has 0 spiro atoms. The maximum Gasteiger partial charge on any atom is 0.219 e. The molecule has 0 aromatic heterocycles. The second-order valence-electron chi connectivity index (χ2n) is 8.21. The predicted molar refractivity (Wildman–Crippen MR) is 120 cm³/mol. The van der Waals surface area contributed by atoms with Crippen LogP contribution in [0.4, 0.5) is 0 Å². The van der Waals surface area contributed by atoms with Crippen LogP contribution in [0, 0.1) is 0 Å². The van der Waals surface area contributed by atoms with E-state index in [0.717, 1.165) is 51.5 Å². The molecule has 1 amide bonds. The minimum atomic E-state index is 0.233. The van der Waals surface area contributed by atoms with Crippen LogP contribution in [0.25, 0.3) is 0 Å². The van der Waals surface area contributed by atoms with Crippen molar-refractivity contribution in [1.82, 2.24) is 5.32 Å². The molecule has 0 aliphatic rings. The molecule has 3 N–H and O–H groups in total. The minimum Gasteiger partial charge on any atom is -0.356 e. The van der Waals surface area contributed by atoms with Crippen LogP contribution in [-0.2, 0) is 9.59 Å². The standard InChI is InChI=1S/C24H48N2O2/c25-21-17-13-9-5-6-10-14-18-22-26-24(28)20-16-12-8-4-2-1-3-7-11-15-19-23-27/h23H,1-22,25H2,(H,26,28). The molecule has 4 nitrogen and oxygen atoms in total. The third-order valence-corrected chi connectivity index (χ3v) is 5.43. The summed E-state index contributed by atoms with van der Waals surface area (Å²) in [6.07, 6.45) is 24.7. The van der Waals surface area contributed by atoms with Crippen molar-refractivity contribution in [3.05, 3.63) is 0 Å². The van der Waals surface area contributed by atoms with Gasteiger partial charge in [-0.3, -0.25) is 4.79 Å². The average Bonchev–Trinajstić information content (AvgIpc) is 2.70. The van der Waals surface area contributed by atoms with Gasteiger partial charge in [0.2, 0.25) is 5.91 Å². The van der Waals surface area contributed by atoms with Crippen LogP contribution >= 0.6 is 0 Å². The first-order chi connectivity index (χ1) is 13.8. The van der Waals surface area contributed by atoms with E-state index >= 15 is 0 Å². The Morgan fingerprint density at radius 3 is 1.54 bits per heavy atom. The molecule has 0 bridgehead atoms. The second kappa shape index (κ2) is 24.1. The van der Waals surface area contributed by atoms with Crippen molar-refractivity contribution < 1.29 is 9.59 Å². The van der Waals surface area contributed by atoms with Gasteiger partial charge in [-0.2, -0.15) is 0 Å². The summed E-state index contributed by atoms with van der Waals surface area (Å²) >= 11 is 0. The van der Waals surface area contributed by atoms with Crippen molar-refractivity contribution in [2.24, 2.45) is 5.73 Å². The van der Waals surface area contributed by atoms with Crippen LogP contribution in [0.5, 0.6) is 0 Å². The summed E-state index contributed by atoms with van der Waals surface area (Å²) in [6, 6.07) is 0. The van der Waals surface area contributed by atoms with Crippen LogP contribution < -0.4 is 11.1 Å². The van der Waals surface area contributed by atoms with Gasteiger partial charge in [0.25, 0.3) is 0 Å². The number of hydrogen-bond donors (Lipinski definition) is 2. The third kappa shape index (κ3) is 23.1. The van der Waals surface area contributed by atoms with Crippen molar-refractivity contribution in [3.63, 3.8) is 0 Å². The lowest BCUT2D eigenvalue weighted by atomic mass is 10.1. The van der Waals surface area contributed by atoms with Gasteiger partial charge < -0.3 is 15.8 Å². The Kier molecular flexibility index (Phi) is 23.4. The highest BCUT2D eigenvalue weighted by Gasteiger charge is 2.00. The summed E-state index contributed by atoms with van der Waals surface area (Å²) in [7, 11) is 0. The molecule has 166 valence electrons. The van der Waals surface area contributed by atoms with Gasteiger partial charge in [0.1, 0.15) is 6.29 Å². The summed E-state index contributed by atoms with van der Waals surface area (Å²) in [5, 5.41) is 3.07. The number of carbonyl (C=O) groups is 2. The summed E-state index contributed by atoms with van der Waals surface area (Å²) < 4.78 is 0. The van der Waals surface area contributed by atoms with Crippen LogP contribution in [0.1, 0.15) is 128 Å². The number of nitrogens with one attached hydrogen (secondary N) is 1. The molecule has 0 atom stereocenters. The molecule has 0 aliphatic carbocycles. The first-order valence-corrected chi connectivity index (χ1v) is 12.2. The monoisotopic (exact) mass is 396 g/mol. The molecule has 0 heterocycles. The van der Waals surface area contributed by atoms with Crippen LogP contribution in [-0.4, -0.2) is 25.3 Å². The number of carbonyl (C=O) groups excluding carboxylic acids is 2. The van der Waals surface area contributed by atoms with Crippen molar-refractivity contribution in [1.29, 1.82) is 0 Å². The Bertz CT molecular complexity index is 335. The zero-order valence-electron chi connectivity index (χ0n) is 18.5. The quantitative estimate of drug-likeness (QED) is 0.163. The van der Waals surface area contributed by atoms with E-state index in [4.69, 9.17) is 5.73 Å². The maximum atomic E-state index is 11.8. The van der Waals surface area contributed by atoms with Crippen LogP contribution in [0.2, 0.25) is 0 Å². The molecule has 0 saturated carbocycles. The number of aldehydes is 1. The largest absolute Gasteiger partial charge is 0.356 e. The number of unbranched alkanes of at least 4 members (excludes halogenated alkanes) is 17. The van der Waals surface area contributed by atoms with Gasteiger partial charge >= 0.3 is 0 Å². The van der Waals surface area contributed by atoms with E-state index in [0.29, 0.717) is 6.42 Å². The molecule has 0 saturated heterocycles. The third-order valence-electron chi connectivity index (χ3n) is 5.43. The Morgan fingerprint density at radius 2 is 1.04 bits per heavy atom. The highest BCUT2D eigenvalue weighted by Crippen LogP contribution is 2.12. The van der Waals surface area contributed by atoms with Gasteiger partial charge in [-0.05, 0) is 32.2 Å². The van der Waals surface area contributed by atoms with Gasteiger partial charge in [-0.15, -0.1) is 0 Å². The molecular weight excluding hydrogens is 348 g/mol. The molecule has 0 radical (unpaired) electrons. The second-order valence-corrected chi connectivity index (χ2v) is 8.21. The van der Waals surface area contributed by atoms with Gasteiger partial charge in [0, 0.05) is 19.4 Å². The molecule has 4 heteroatoms. The molecule has 0 unspecified atom stereocenters. The first-order valence-electron chi connectivity index (χ1n) is 12.2. The fourth-order valence-electron chi connectivity index (χ4n) is 3.57. The Labute approximate surface area is 174 Å². The fraction of sp³-hybridized carbons (Fsp3) is 0.917. The van der Waals surface area contributed by atoms with Gasteiger partial charge in [0.05, 0.1) is 0 Å². The zero-order chi connectivity index (χ0) is 20.5. The Morgan fingerprint density at radius 1 is 0.607 bits per heavy atom. The topological polar surface area (TPSA) is 72.2 Å². The molecule has 0 fully saturated rings. The van der Waals surface area contributed by atoms with Crippen LogP contribution in [0.3, 0.4) is 0 Å². The zero-order valence-corrected chi connectivity index (χ0v) is 18.5. The predicted octanol–water partition coefficient (Wildman–Crippen LogP) is 6.06. The highest BCUT2D eigenvalue weighted by molar-refractivity contribution is 5.75. The van der Waals surface area contributed by atoms with Gasteiger partial charge in [-0.25, -0.2) is 0 Å². The van der Waals surface area contributed by atoms with E-state index in [2.05, 4.69) is 5.32 Å². The van der Waals surface area contributed by atoms with Gasteiger partial charge in [-0.1, -0.05) is 89.9 Å². The van der Waals surface area contributed by atoms with Crippen LogP contribution in [0.15, 0.2) is 0 Å². The van der Waals surface area contributed by atoms with Crippen molar-refractivity contribution in [2.45, 2.75) is 128 Å². The number of nitrogens with two attached hydrogens (primary N) is 1. The van der Waals surface area contributed by atoms with Crippen molar-refractivity contribution >= 4 is 12.2 Å². The van der Waals surface area contributed by atoms with E-state index in [-0.39, 0.29) is 5.91 Å². The summed E-state index contributed by atoms with van der Waals surface area (Å²) in [6.45, 7) is 1.67. The molecule has 0 aromatic carbocycles. The normalized spacial score (nSPS) is 10.9. The van der Waals surface area contributed by atoms with E-state index in [1.54, 1.807) is 0 Å². The van der Waals surface area contributed by atoms with Crippen molar-refractivity contribution in [2.75, 3.05) is 13.1 Å². The first kappa shape index (κ1) is 27.1. The number of rotatable bonds is 23. The smallest absolute Gasteiger partial charge is 0.219 e. The lowest BCUT2D eigenvalue weighted by molar-refractivity contribution is -0.121. The lowest BCUT2D eigenvalue weighted by Crippen LogP contribution is -2.23. The SMILES string of the molecule is NCCCCCCCCCCNC(=O)CCCCCCCCCCCCC=O. The summed E-state index contributed by atoms with van der Waals surface area (Å²) in [5.41, 5.74) is 5.49. The summed E-state index contributed by atoms with van der Waals surface area (Å²) in [5.74, 6) is 0.233. The molecular formula is C24H48N2O2. The summed E-state index contributed by atoms with van der Waals surface area (Å²) in [4.78, 5) is 22.0. The molecule has 0 aliphatic heterocycles. The van der Waals surface area contributed by atoms with E-state index in [9.17, 15) is 9.59 Å². The fourth-order valence-corrected chi connectivity index (χ4v) is 3.57. The van der Waals surface area contributed by atoms with E-state index in [1.165, 1.54) is 89.9 Å². The van der Waals surface area contributed by atoms with E-state index in [1.807, 2.05) is 0 Å². The minimum absolute atomic E-state index is 0.233. The number of hydrogen-bond acceptors (Lipinski definition) is 3.